The Morgan fingerprint density at radius 1 is 0.694 bits per heavy atom. The predicted octanol–water partition coefficient (Wildman–Crippen LogP) is 3.77. The van der Waals surface area contributed by atoms with E-state index >= 15 is 0 Å². The molecule has 9 heteroatoms. The van der Waals surface area contributed by atoms with Crippen LogP contribution in [0.3, 0.4) is 0 Å². The number of imide groups is 1. The van der Waals surface area contributed by atoms with Gasteiger partial charge in [0.05, 0.1) is 39.8 Å². The van der Waals surface area contributed by atoms with Crippen molar-refractivity contribution in [2.24, 2.45) is 5.92 Å². The van der Waals surface area contributed by atoms with Crippen molar-refractivity contribution in [1.29, 1.82) is 0 Å². The third-order valence-corrected chi connectivity index (χ3v) is 6.51. The molecular formula is C27H26N2O7. The number of carbonyl (C=O) groups is 2. The Morgan fingerprint density at radius 3 is 1.97 bits per heavy atom. The lowest BCUT2D eigenvalue weighted by atomic mass is 9.89. The Morgan fingerprint density at radius 2 is 1.31 bits per heavy atom. The number of hydroxylamine groups is 1. The molecule has 0 saturated carbocycles. The summed E-state index contributed by atoms with van der Waals surface area (Å²) in [5.41, 5.74) is 1.69. The van der Waals surface area contributed by atoms with Gasteiger partial charge in [-0.15, -0.1) is 0 Å². The summed E-state index contributed by atoms with van der Waals surface area (Å²) in [5, 5.41) is 1.61. The first-order chi connectivity index (χ1) is 17.5. The SMILES string of the molecule is COc1cc(OC)c(C2C3C(=O)N(c4ccccc4OC)C(=O)C3ON2c2ccccc2)cc1OC. The Kier molecular flexibility index (Phi) is 6.15. The van der Waals surface area contributed by atoms with E-state index in [9.17, 15) is 9.59 Å². The summed E-state index contributed by atoms with van der Waals surface area (Å²) in [5.74, 6) is 0.118. The zero-order valence-electron chi connectivity index (χ0n) is 20.3. The lowest BCUT2D eigenvalue weighted by Gasteiger charge is -2.30. The van der Waals surface area contributed by atoms with Gasteiger partial charge in [-0.1, -0.05) is 30.3 Å². The molecule has 0 radical (unpaired) electrons. The Hall–Kier alpha value is -4.24. The summed E-state index contributed by atoms with van der Waals surface area (Å²) in [6.07, 6.45) is -1.04. The van der Waals surface area contributed by atoms with Gasteiger partial charge in [-0.2, -0.15) is 0 Å². The maximum Gasteiger partial charge on any atom is 0.266 e. The van der Waals surface area contributed by atoms with Gasteiger partial charge in [0, 0.05) is 11.6 Å². The summed E-state index contributed by atoms with van der Waals surface area (Å²) in [6.45, 7) is 0. The normalized spacial score (nSPS) is 20.9. The quantitative estimate of drug-likeness (QED) is 0.463. The van der Waals surface area contributed by atoms with Crippen LogP contribution < -0.4 is 28.9 Å². The Bertz CT molecular complexity index is 1300. The van der Waals surface area contributed by atoms with Crippen molar-refractivity contribution in [3.05, 3.63) is 72.3 Å². The Balaban J connectivity index is 1.67. The number of fused-ring (bicyclic) bond motifs is 1. The molecule has 3 atom stereocenters. The highest BCUT2D eigenvalue weighted by molar-refractivity contribution is 6.24. The van der Waals surface area contributed by atoms with E-state index in [1.807, 2.05) is 30.3 Å². The van der Waals surface area contributed by atoms with Gasteiger partial charge in [0.1, 0.15) is 23.5 Å². The van der Waals surface area contributed by atoms with E-state index in [0.29, 0.717) is 39.9 Å². The molecule has 3 aromatic rings. The van der Waals surface area contributed by atoms with Crippen LogP contribution in [-0.4, -0.2) is 46.4 Å². The molecule has 0 aliphatic carbocycles. The van der Waals surface area contributed by atoms with Crippen LogP contribution in [-0.2, 0) is 14.4 Å². The van der Waals surface area contributed by atoms with E-state index in [4.69, 9.17) is 23.8 Å². The minimum absolute atomic E-state index is 0.372. The summed E-state index contributed by atoms with van der Waals surface area (Å²) in [6, 6.07) is 19.0. The molecule has 2 heterocycles. The molecule has 2 saturated heterocycles. The zero-order valence-corrected chi connectivity index (χ0v) is 20.3. The van der Waals surface area contributed by atoms with Crippen LogP contribution in [0.5, 0.6) is 23.0 Å². The van der Waals surface area contributed by atoms with E-state index in [0.717, 1.165) is 4.90 Å². The number of amides is 2. The van der Waals surface area contributed by atoms with Crippen LogP contribution in [0.4, 0.5) is 11.4 Å². The number of nitrogens with zero attached hydrogens (tertiary/aromatic N) is 2. The molecule has 0 N–H and O–H groups in total. The van der Waals surface area contributed by atoms with Crippen LogP contribution in [0.15, 0.2) is 66.7 Å². The van der Waals surface area contributed by atoms with E-state index in [-0.39, 0.29) is 0 Å². The van der Waals surface area contributed by atoms with Crippen molar-refractivity contribution in [1.82, 2.24) is 0 Å². The average Bonchev–Trinajstić information content (AvgIpc) is 3.43. The zero-order chi connectivity index (χ0) is 25.4. The van der Waals surface area contributed by atoms with Crippen molar-refractivity contribution in [2.75, 3.05) is 38.4 Å². The molecule has 186 valence electrons. The molecule has 3 unspecified atom stereocenters. The highest BCUT2D eigenvalue weighted by Gasteiger charge is 2.61. The average molecular weight is 491 g/mol. The van der Waals surface area contributed by atoms with Crippen molar-refractivity contribution < 1.29 is 33.4 Å². The summed E-state index contributed by atoms with van der Waals surface area (Å²) in [4.78, 5) is 34.9. The van der Waals surface area contributed by atoms with E-state index in [1.54, 1.807) is 41.5 Å². The minimum Gasteiger partial charge on any atom is -0.496 e. The number of carbonyl (C=O) groups excluding carboxylic acids is 2. The van der Waals surface area contributed by atoms with Gasteiger partial charge in [-0.05, 0) is 30.3 Å². The minimum atomic E-state index is -1.04. The maximum atomic E-state index is 13.9. The monoisotopic (exact) mass is 490 g/mol. The number of rotatable bonds is 7. The molecule has 0 bridgehead atoms. The Labute approximate surface area is 208 Å². The third-order valence-electron chi connectivity index (χ3n) is 6.51. The van der Waals surface area contributed by atoms with Crippen LogP contribution in [0.2, 0.25) is 0 Å². The molecule has 0 spiro atoms. The number of benzene rings is 3. The van der Waals surface area contributed by atoms with Gasteiger partial charge >= 0.3 is 0 Å². The maximum absolute atomic E-state index is 13.9. The van der Waals surface area contributed by atoms with Crippen LogP contribution in [0.25, 0.3) is 0 Å². The first-order valence-electron chi connectivity index (χ1n) is 11.4. The van der Waals surface area contributed by atoms with Gasteiger partial charge in [0.25, 0.3) is 5.91 Å². The smallest absolute Gasteiger partial charge is 0.266 e. The first kappa shape index (κ1) is 23.5. The molecule has 2 amide bonds. The fourth-order valence-electron chi connectivity index (χ4n) is 4.87. The van der Waals surface area contributed by atoms with Crippen molar-refractivity contribution in [3.63, 3.8) is 0 Å². The molecule has 36 heavy (non-hydrogen) atoms. The third kappa shape index (κ3) is 3.59. The summed E-state index contributed by atoms with van der Waals surface area (Å²) in [7, 11) is 6.10. The molecule has 2 fully saturated rings. The number of hydrogen-bond donors (Lipinski definition) is 0. The number of ether oxygens (including phenoxy) is 4. The van der Waals surface area contributed by atoms with Crippen molar-refractivity contribution in [2.45, 2.75) is 12.1 Å². The topological polar surface area (TPSA) is 86.8 Å². The van der Waals surface area contributed by atoms with Crippen LogP contribution in [0, 0.1) is 5.92 Å². The molecule has 3 aromatic carbocycles. The lowest BCUT2D eigenvalue weighted by Crippen LogP contribution is -2.37. The highest BCUT2D eigenvalue weighted by Crippen LogP contribution is 2.51. The molecule has 0 aromatic heterocycles. The second-order valence-corrected chi connectivity index (χ2v) is 8.29. The van der Waals surface area contributed by atoms with E-state index < -0.39 is 29.9 Å². The summed E-state index contributed by atoms with van der Waals surface area (Å²) >= 11 is 0. The summed E-state index contributed by atoms with van der Waals surface area (Å²) < 4.78 is 22.1. The van der Waals surface area contributed by atoms with Crippen molar-refractivity contribution in [3.8, 4) is 23.0 Å². The highest BCUT2D eigenvalue weighted by atomic mass is 16.7. The van der Waals surface area contributed by atoms with Gasteiger partial charge in [-0.3, -0.25) is 14.4 Å². The molecule has 2 aliphatic heterocycles. The van der Waals surface area contributed by atoms with Crippen molar-refractivity contribution >= 4 is 23.2 Å². The molecular weight excluding hydrogens is 464 g/mol. The fourth-order valence-corrected chi connectivity index (χ4v) is 4.87. The predicted molar refractivity (Wildman–Crippen MR) is 132 cm³/mol. The van der Waals surface area contributed by atoms with E-state index in [1.165, 1.54) is 28.4 Å². The van der Waals surface area contributed by atoms with E-state index in [2.05, 4.69) is 0 Å². The number of methoxy groups -OCH3 is 4. The molecule has 2 aliphatic rings. The van der Waals surface area contributed by atoms with Gasteiger partial charge in [0.15, 0.2) is 17.6 Å². The first-order valence-corrected chi connectivity index (χ1v) is 11.4. The number of anilines is 2. The second-order valence-electron chi connectivity index (χ2n) is 8.29. The number of para-hydroxylation sites is 3. The van der Waals surface area contributed by atoms with Gasteiger partial charge < -0.3 is 18.9 Å². The van der Waals surface area contributed by atoms with Crippen LogP contribution in [0.1, 0.15) is 11.6 Å². The van der Waals surface area contributed by atoms with Gasteiger partial charge in [0.2, 0.25) is 5.91 Å². The molecule has 9 nitrogen and oxygen atoms in total. The lowest BCUT2D eigenvalue weighted by molar-refractivity contribution is -0.126. The second kappa shape index (κ2) is 9.43. The standard InChI is InChI=1S/C27H26N2O7/c1-32-19-13-9-8-12-18(19)28-26(30)23-24(17-14-21(34-3)22(35-4)15-20(17)33-2)29(36-25(23)27(28)31)16-10-6-5-7-11-16/h5-15,23-25H,1-4H3. The van der Waals surface area contributed by atoms with Crippen LogP contribution >= 0.6 is 0 Å². The fraction of sp³-hybridized carbons (Fsp3) is 0.259. The number of hydrogen-bond acceptors (Lipinski definition) is 8. The molecule has 5 rings (SSSR count). The largest absolute Gasteiger partial charge is 0.496 e. The van der Waals surface area contributed by atoms with Gasteiger partial charge in [-0.25, -0.2) is 9.96 Å².